The third kappa shape index (κ3) is 6.10. The van der Waals surface area contributed by atoms with Crippen molar-refractivity contribution in [2.45, 2.75) is 71.0 Å². The van der Waals surface area contributed by atoms with Crippen molar-refractivity contribution >= 4 is 12.1 Å². The lowest BCUT2D eigenvalue weighted by atomic mass is 9.85. The van der Waals surface area contributed by atoms with E-state index in [1.165, 1.54) is 19.3 Å². The van der Waals surface area contributed by atoms with Crippen LogP contribution in [0.25, 0.3) is 11.4 Å². The Labute approximate surface area is 205 Å². The summed E-state index contributed by atoms with van der Waals surface area (Å²) in [6.07, 6.45) is 6.95. The number of carbonyl (C=O) groups excluding carboxylic acids is 1. The molecule has 0 saturated heterocycles. The average molecular weight is 486 g/mol. The van der Waals surface area contributed by atoms with Crippen molar-refractivity contribution < 1.29 is 24.2 Å². The molecule has 0 radical (unpaired) electrons. The standard InChI is InChI=1S/C25H35N5O5/c1-16-22(35-19-10-5-4-9-18(13-19)24(31)32)12-11-20(26-16)23-21(30(3)28-27-23)15-34-25(33)29(2)14-17-7-6-8-17/h11-12,17-19H,4-10,13-15H2,1-3H3,(H,31,32)/t18-,19-/m1/s1. The number of amides is 1. The Morgan fingerprint density at radius 3 is 2.63 bits per heavy atom. The molecule has 2 aromatic rings. The number of hydrogen-bond acceptors (Lipinski definition) is 7. The van der Waals surface area contributed by atoms with Gasteiger partial charge < -0.3 is 19.5 Å². The highest BCUT2D eigenvalue weighted by Crippen LogP contribution is 2.30. The largest absolute Gasteiger partial charge is 0.489 e. The predicted molar refractivity (Wildman–Crippen MR) is 128 cm³/mol. The van der Waals surface area contributed by atoms with E-state index in [1.54, 1.807) is 23.7 Å². The van der Waals surface area contributed by atoms with Gasteiger partial charge in [-0.25, -0.2) is 14.5 Å². The van der Waals surface area contributed by atoms with E-state index in [0.29, 0.717) is 53.8 Å². The van der Waals surface area contributed by atoms with Crippen LogP contribution in [0.5, 0.6) is 5.75 Å². The summed E-state index contributed by atoms with van der Waals surface area (Å²) in [4.78, 5) is 30.2. The highest BCUT2D eigenvalue weighted by Gasteiger charge is 2.27. The highest BCUT2D eigenvalue weighted by molar-refractivity contribution is 5.70. The molecule has 1 N–H and O–H groups in total. The lowest BCUT2D eigenvalue weighted by Crippen LogP contribution is -2.34. The summed E-state index contributed by atoms with van der Waals surface area (Å²) in [5.41, 5.74) is 2.51. The maximum absolute atomic E-state index is 12.4. The van der Waals surface area contributed by atoms with Crippen molar-refractivity contribution in [2.75, 3.05) is 13.6 Å². The fourth-order valence-electron chi connectivity index (χ4n) is 4.75. The van der Waals surface area contributed by atoms with Gasteiger partial charge in [-0.05, 0) is 63.5 Å². The molecular formula is C25H35N5O5. The second-order valence-corrected chi connectivity index (χ2v) is 9.82. The number of carboxylic acid groups (broad SMARTS) is 1. The molecule has 10 nitrogen and oxygen atoms in total. The third-order valence-corrected chi connectivity index (χ3v) is 7.14. The number of carboxylic acids is 1. The number of nitrogens with zero attached hydrogens (tertiary/aromatic N) is 5. The molecule has 35 heavy (non-hydrogen) atoms. The van der Waals surface area contributed by atoms with Crippen LogP contribution in [0.1, 0.15) is 62.8 Å². The first-order chi connectivity index (χ1) is 16.8. The van der Waals surface area contributed by atoms with E-state index >= 15 is 0 Å². The molecule has 2 heterocycles. The molecule has 2 atom stereocenters. The van der Waals surface area contributed by atoms with E-state index < -0.39 is 5.97 Å². The van der Waals surface area contributed by atoms with Crippen molar-refractivity contribution in [3.8, 4) is 17.1 Å². The number of ether oxygens (including phenoxy) is 2. The Morgan fingerprint density at radius 1 is 1.17 bits per heavy atom. The van der Waals surface area contributed by atoms with Crippen LogP contribution in [0, 0.1) is 18.8 Å². The molecule has 0 bridgehead atoms. The number of rotatable bonds is 8. The first-order valence-electron chi connectivity index (χ1n) is 12.5. The van der Waals surface area contributed by atoms with Gasteiger partial charge in [-0.2, -0.15) is 0 Å². The second-order valence-electron chi connectivity index (χ2n) is 9.82. The van der Waals surface area contributed by atoms with E-state index in [9.17, 15) is 14.7 Å². The normalized spacial score (nSPS) is 20.5. The van der Waals surface area contributed by atoms with E-state index in [0.717, 1.165) is 19.3 Å². The molecule has 1 amide bonds. The van der Waals surface area contributed by atoms with Crippen LogP contribution in [0.3, 0.4) is 0 Å². The molecule has 190 valence electrons. The fourth-order valence-corrected chi connectivity index (χ4v) is 4.75. The SMILES string of the molecule is Cc1nc(-c2nnn(C)c2COC(=O)N(C)CC2CCC2)ccc1O[C@@H]1CCCC[C@@H](C(=O)O)C1. The Balaban J connectivity index is 1.42. The first-order valence-corrected chi connectivity index (χ1v) is 12.5. The molecule has 2 aliphatic rings. The highest BCUT2D eigenvalue weighted by atomic mass is 16.6. The Hall–Kier alpha value is -3.17. The van der Waals surface area contributed by atoms with Gasteiger partial charge in [-0.1, -0.05) is 18.1 Å². The maximum Gasteiger partial charge on any atom is 0.409 e. The minimum atomic E-state index is -0.754. The predicted octanol–water partition coefficient (Wildman–Crippen LogP) is 3.97. The molecule has 0 unspecified atom stereocenters. The Kier molecular flexibility index (Phi) is 7.87. The summed E-state index contributed by atoms with van der Waals surface area (Å²) in [7, 11) is 3.52. The van der Waals surface area contributed by atoms with Crippen LogP contribution in [0.2, 0.25) is 0 Å². The van der Waals surface area contributed by atoms with E-state index in [2.05, 4.69) is 15.3 Å². The summed E-state index contributed by atoms with van der Waals surface area (Å²) >= 11 is 0. The van der Waals surface area contributed by atoms with Gasteiger partial charge in [-0.3, -0.25) is 4.79 Å². The minimum absolute atomic E-state index is 0.0459. The van der Waals surface area contributed by atoms with Gasteiger partial charge in [0, 0.05) is 20.6 Å². The molecule has 2 aromatic heterocycles. The Bertz CT molecular complexity index is 1050. The van der Waals surface area contributed by atoms with Crippen molar-refractivity contribution in [3.05, 3.63) is 23.5 Å². The zero-order valence-corrected chi connectivity index (χ0v) is 20.8. The Morgan fingerprint density at radius 2 is 1.94 bits per heavy atom. The van der Waals surface area contributed by atoms with Crippen LogP contribution in [-0.4, -0.2) is 61.7 Å². The molecule has 4 rings (SSSR count). The van der Waals surface area contributed by atoms with E-state index in [4.69, 9.17) is 9.47 Å². The van der Waals surface area contributed by atoms with Crippen molar-refractivity contribution in [1.29, 1.82) is 0 Å². The molecule has 0 aliphatic heterocycles. The van der Waals surface area contributed by atoms with Crippen LogP contribution in [0.4, 0.5) is 4.79 Å². The lowest BCUT2D eigenvalue weighted by Gasteiger charge is -2.29. The number of aromatic nitrogens is 4. The molecule has 2 saturated carbocycles. The van der Waals surface area contributed by atoms with Crippen molar-refractivity contribution in [1.82, 2.24) is 24.9 Å². The summed E-state index contributed by atoms with van der Waals surface area (Å²) in [6.45, 7) is 2.62. The van der Waals surface area contributed by atoms with Gasteiger partial charge in [0.1, 0.15) is 23.7 Å². The summed E-state index contributed by atoms with van der Waals surface area (Å²) in [6, 6.07) is 3.65. The molecular weight excluding hydrogens is 450 g/mol. The van der Waals surface area contributed by atoms with E-state index in [1.807, 2.05) is 19.1 Å². The van der Waals surface area contributed by atoms with E-state index in [-0.39, 0.29) is 24.7 Å². The number of aliphatic carboxylic acids is 1. The zero-order valence-electron chi connectivity index (χ0n) is 20.8. The number of aryl methyl sites for hydroxylation is 2. The third-order valence-electron chi connectivity index (χ3n) is 7.14. The van der Waals surface area contributed by atoms with Crippen LogP contribution >= 0.6 is 0 Å². The molecule has 2 aliphatic carbocycles. The number of carbonyl (C=O) groups is 2. The quantitative estimate of drug-likeness (QED) is 0.558. The van der Waals surface area contributed by atoms with Gasteiger partial charge in [-0.15, -0.1) is 5.10 Å². The van der Waals surface area contributed by atoms with Crippen LogP contribution in [-0.2, 0) is 23.2 Å². The van der Waals surface area contributed by atoms with Gasteiger partial charge in [0.25, 0.3) is 0 Å². The zero-order chi connectivity index (χ0) is 24.9. The van der Waals surface area contributed by atoms with Gasteiger partial charge in [0.2, 0.25) is 0 Å². The van der Waals surface area contributed by atoms with Gasteiger partial charge in [0.05, 0.1) is 23.4 Å². The first kappa shape index (κ1) is 24.9. The van der Waals surface area contributed by atoms with Gasteiger partial charge >= 0.3 is 12.1 Å². The van der Waals surface area contributed by atoms with Crippen LogP contribution in [0.15, 0.2) is 12.1 Å². The molecule has 0 aromatic carbocycles. The fraction of sp³-hybridized carbons (Fsp3) is 0.640. The smallest absolute Gasteiger partial charge is 0.409 e. The summed E-state index contributed by atoms with van der Waals surface area (Å²) in [5.74, 6) is 0.0881. The van der Waals surface area contributed by atoms with Crippen LogP contribution < -0.4 is 4.74 Å². The molecule has 10 heteroatoms. The summed E-state index contributed by atoms with van der Waals surface area (Å²) in [5, 5.41) is 17.8. The molecule has 2 fully saturated rings. The topological polar surface area (TPSA) is 120 Å². The monoisotopic (exact) mass is 485 g/mol. The van der Waals surface area contributed by atoms with Crippen molar-refractivity contribution in [3.63, 3.8) is 0 Å². The number of hydrogen-bond donors (Lipinski definition) is 1. The minimum Gasteiger partial charge on any atom is -0.489 e. The van der Waals surface area contributed by atoms with Gasteiger partial charge in [0.15, 0.2) is 0 Å². The summed E-state index contributed by atoms with van der Waals surface area (Å²) < 4.78 is 13.3. The van der Waals surface area contributed by atoms with Crippen molar-refractivity contribution in [2.24, 2.45) is 18.9 Å². The lowest BCUT2D eigenvalue weighted by molar-refractivity contribution is -0.142. The second kappa shape index (κ2) is 11.0. The molecule has 0 spiro atoms. The maximum atomic E-state index is 12.4. The number of pyridine rings is 1. The average Bonchev–Trinajstić information content (AvgIpc) is 3.00.